The summed E-state index contributed by atoms with van der Waals surface area (Å²) in [6.45, 7) is 1.83. The van der Waals surface area contributed by atoms with Crippen LogP contribution in [0.25, 0.3) is 0 Å². The molecular formula is C9H11ClN4O. The molecule has 0 radical (unpaired) electrons. The number of carbonyl (C=O) groups excluding carboxylic acids is 1. The topological polar surface area (TPSA) is 49.3 Å². The number of likely N-dealkylation sites (N-methyl/N-ethyl adjacent to an activating group) is 1. The van der Waals surface area contributed by atoms with Crippen molar-refractivity contribution in [3.8, 4) is 0 Å². The van der Waals surface area contributed by atoms with E-state index in [2.05, 4.69) is 9.97 Å². The second-order valence-corrected chi connectivity index (χ2v) is 3.76. The summed E-state index contributed by atoms with van der Waals surface area (Å²) in [5.41, 5.74) is 0. The molecule has 2 heterocycles. The lowest BCUT2D eigenvalue weighted by atomic mass is 10.3. The predicted octanol–water partition coefficient (Wildman–Crippen LogP) is 0.408. The zero-order chi connectivity index (χ0) is 10.8. The highest BCUT2D eigenvalue weighted by Gasteiger charge is 2.21. The Balaban J connectivity index is 2.15. The van der Waals surface area contributed by atoms with Crippen LogP contribution in [0.2, 0.25) is 5.28 Å². The van der Waals surface area contributed by atoms with Gasteiger partial charge in [0.05, 0.1) is 6.54 Å². The van der Waals surface area contributed by atoms with E-state index in [1.54, 1.807) is 24.2 Å². The van der Waals surface area contributed by atoms with E-state index in [-0.39, 0.29) is 11.2 Å². The van der Waals surface area contributed by atoms with Gasteiger partial charge in [-0.25, -0.2) is 9.97 Å². The van der Waals surface area contributed by atoms with Gasteiger partial charge in [0.15, 0.2) is 0 Å². The van der Waals surface area contributed by atoms with Crippen molar-refractivity contribution in [3.05, 3.63) is 17.5 Å². The minimum absolute atomic E-state index is 0.0935. The van der Waals surface area contributed by atoms with Crippen LogP contribution in [0, 0.1) is 0 Å². The number of rotatable bonds is 1. The zero-order valence-corrected chi connectivity index (χ0v) is 9.11. The first-order valence-corrected chi connectivity index (χ1v) is 5.02. The Hall–Kier alpha value is -1.36. The largest absolute Gasteiger partial charge is 0.345 e. The molecular weight excluding hydrogens is 216 g/mol. The Morgan fingerprint density at radius 3 is 2.93 bits per heavy atom. The second-order valence-electron chi connectivity index (χ2n) is 3.42. The molecule has 1 aliphatic heterocycles. The molecule has 2 rings (SSSR count). The van der Waals surface area contributed by atoms with Gasteiger partial charge in [-0.05, 0) is 17.7 Å². The summed E-state index contributed by atoms with van der Waals surface area (Å²) in [4.78, 5) is 22.9. The Kier molecular flexibility index (Phi) is 2.73. The molecule has 1 amide bonds. The lowest BCUT2D eigenvalue weighted by Gasteiger charge is -2.32. The average Bonchev–Trinajstić information content (AvgIpc) is 2.22. The zero-order valence-electron chi connectivity index (χ0n) is 8.35. The summed E-state index contributed by atoms with van der Waals surface area (Å²) in [7, 11) is 1.80. The maximum atomic E-state index is 11.5. The first-order valence-electron chi connectivity index (χ1n) is 4.64. The number of hydrogen-bond acceptors (Lipinski definition) is 4. The van der Waals surface area contributed by atoms with Gasteiger partial charge in [0, 0.05) is 26.3 Å². The molecule has 0 unspecified atom stereocenters. The fourth-order valence-electron chi connectivity index (χ4n) is 1.46. The lowest BCUT2D eigenvalue weighted by molar-refractivity contribution is -0.129. The molecule has 0 spiro atoms. The third-order valence-corrected chi connectivity index (χ3v) is 2.57. The molecule has 6 heteroatoms. The summed E-state index contributed by atoms with van der Waals surface area (Å²) < 4.78 is 0. The molecule has 0 aliphatic carbocycles. The minimum Gasteiger partial charge on any atom is -0.345 e. The summed E-state index contributed by atoms with van der Waals surface area (Å²) in [6, 6.07) is 1.75. The van der Waals surface area contributed by atoms with E-state index in [1.807, 2.05) is 4.90 Å². The van der Waals surface area contributed by atoms with Crippen molar-refractivity contribution in [2.75, 3.05) is 31.6 Å². The SMILES string of the molecule is CN1CCN(c2ccnc(Cl)n2)CC1=O. The molecule has 1 saturated heterocycles. The van der Waals surface area contributed by atoms with E-state index < -0.39 is 0 Å². The Labute approximate surface area is 92.7 Å². The Morgan fingerprint density at radius 2 is 2.27 bits per heavy atom. The van der Waals surface area contributed by atoms with Crippen LogP contribution in [0.5, 0.6) is 0 Å². The maximum Gasteiger partial charge on any atom is 0.241 e. The molecule has 0 bridgehead atoms. The Morgan fingerprint density at radius 1 is 1.47 bits per heavy atom. The number of aromatic nitrogens is 2. The van der Waals surface area contributed by atoms with Gasteiger partial charge >= 0.3 is 0 Å². The van der Waals surface area contributed by atoms with Crippen LogP contribution in [0.15, 0.2) is 12.3 Å². The normalized spacial score (nSPS) is 17.1. The fourth-order valence-corrected chi connectivity index (χ4v) is 1.60. The van der Waals surface area contributed by atoms with Crippen LogP contribution in [0.4, 0.5) is 5.82 Å². The summed E-state index contributed by atoms with van der Waals surface area (Å²) in [5.74, 6) is 0.799. The molecule has 0 aromatic carbocycles. The van der Waals surface area contributed by atoms with Crippen LogP contribution >= 0.6 is 11.6 Å². The average molecular weight is 227 g/mol. The third kappa shape index (κ3) is 2.18. The van der Waals surface area contributed by atoms with Gasteiger partial charge in [0.25, 0.3) is 0 Å². The van der Waals surface area contributed by atoms with Gasteiger partial charge in [-0.1, -0.05) is 0 Å². The molecule has 0 N–H and O–H groups in total. The van der Waals surface area contributed by atoms with Crippen molar-refractivity contribution >= 4 is 23.3 Å². The highest BCUT2D eigenvalue weighted by Crippen LogP contribution is 2.14. The first kappa shape index (κ1) is 10.2. The van der Waals surface area contributed by atoms with Crippen LogP contribution < -0.4 is 4.90 Å². The van der Waals surface area contributed by atoms with E-state index in [1.165, 1.54) is 0 Å². The van der Waals surface area contributed by atoms with Gasteiger partial charge in [0.1, 0.15) is 5.82 Å². The fraction of sp³-hybridized carbons (Fsp3) is 0.444. The van der Waals surface area contributed by atoms with Gasteiger partial charge < -0.3 is 9.80 Å². The number of piperazine rings is 1. The predicted molar refractivity (Wildman–Crippen MR) is 56.9 cm³/mol. The van der Waals surface area contributed by atoms with E-state index in [4.69, 9.17) is 11.6 Å². The smallest absolute Gasteiger partial charge is 0.241 e. The summed E-state index contributed by atoms with van der Waals surface area (Å²) in [6.07, 6.45) is 1.59. The van der Waals surface area contributed by atoms with E-state index in [0.29, 0.717) is 18.9 Å². The molecule has 80 valence electrons. The highest BCUT2D eigenvalue weighted by atomic mass is 35.5. The highest BCUT2D eigenvalue weighted by molar-refractivity contribution is 6.28. The second kappa shape index (κ2) is 4.02. The molecule has 1 fully saturated rings. The third-order valence-electron chi connectivity index (χ3n) is 2.39. The van der Waals surface area contributed by atoms with E-state index in [9.17, 15) is 4.79 Å². The minimum atomic E-state index is 0.0935. The molecule has 1 aliphatic rings. The van der Waals surface area contributed by atoms with E-state index >= 15 is 0 Å². The number of halogens is 1. The van der Waals surface area contributed by atoms with E-state index in [0.717, 1.165) is 6.54 Å². The van der Waals surface area contributed by atoms with Gasteiger partial charge in [-0.2, -0.15) is 0 Å². The van der Waals surface area contributed by atoms with Crippen LogP contribution in [0.3, 0.4) is 0 Å². The summed E-state index contributed by atoms with van der Waals surface area (Å²) >= 11 is 5.68. The number of nitrogens with zero attached hydrogens (tertiary/aromatic N) is 4. The molecule has 1 aromatic rings. The monoisotopic (exact) mass is 226 g/mol. The van der Waals surface area contributed by atoms with Crippen molar-refractivity contribution in [3.63, 3.8) is 0 Å². The van der Waals surface area contributed by atoms with Crippen molar-refractivity contribution in [2.45, 2.75) is 0 Å². The molecule has 0 atom stereocenters. The first-order chi connectivity index (χ1) is 7.16. The molecule has 1 aromatic heterocycles. The van der Waals surface area contributed by atoms with Crippen molar-refractivity contribution < 1.29 is 4.79 Å². The van der Waals surface area contributed by atoms with Crippen molar-refractivity contribution in [1.82, 2.24) is 14.9 Å². The molecule has 15 heavy (non-hydrogen) atoms. The Bertz CT molecular complexity index is 384. The molecule has 5 nitrogen and oxygen atoms in total. The number of carbonyl (C=O) groups is 1. The van der Waals surface area contributed by atoms with Crippen LogP contribution in [-0.2, 0) is 4.79 Å². The lowest BCUT2D eigenvalue weighted by Crippen LogP contribution is -2.48. The summed E-state index contributed by atoms with van der Waals surface area (Å²) in [5, 5.41) is 0.207. The van der Waals surface area contributed by atoms with Gasteiger partial charge in [0.2, 0.25) is 11.2 Å². The van der Waals surface area contributed by atoms with Crippen LogP contribution in [0.1, 0.15) is 0 Å². The number of anilines is 1. The maximum absolute atomic E-state index is 11.5. The van der Waals surface area contributed by atoms with Crippen LogP contribution in [-0.4, -0.2) is 47.5 Å². The molecule has 0 saturated carbocycles. The standard InChI is InChI=1S/C9H11ClN4O/c1-13-4-5-14(6-8(13)15)7-2-3-11-9(10)12-7/h2-3H,4-6H2,1H3. The number of amides is 1. The van der Waals surface area contributed by atoms with Crippen molar-refractivity contribution in [2.24, 2.45) is 0 Å². The van der Waals surface area contributed by atoms with Crippen molar-refractivity contribution in [1.29, 1.82) is 0 Å². The number of hydrogen-bond donors (Lipinski definition) is 0. The van der Waals surface area contributed by atoms with Gasteiger partial charge in [-0.3, -0.25) is 4.79 Å². The van der Waals surface area contributed by atoms with Gasteiger partial charge in [-0.15, -0.1) is 0 Å². The quantitative estimate of drug-likeness (QED) is 0.651.